The summed E-state index contributed by atoms with van der Waals surface area (Å²) >= 11 is 0. The molecule has 0 saturated carbocycles. The molecule has 0 aromatic heterocycles. The molecule has 0 aliphatic carbocycles. The van der Waals surface area contributed by atoms with E-state index in [-0.39, 0.29) is 12.2 Å². The summed E-state index contributed by atoms with van der Waals surface area (Å²) in [6.45, 7) is 4.50. The molecular formula is C21H42O3. The van der Waals surface area contributed by atoms with Crippen LogP contribution in [0, 0.1) is 0 Å². The number of hydrogen-bond acceptors (Lipinski definition) is 3. The molecule has 0 bridgehead atoms. The van der Waals surface area contributed by atoms with Crippen LogP contribution in [0.4, 0.5) is 0 Å². The fraction of sp³-hybridized carbons (Fsp3) is 1.00. The van der Waals surface area contributed by atoms with Crippen molar-refractivity contribution in [1.29, 1.82) is 0 Å². The van der Waals surface area contributed by atoms with Gasteiger partial charge in [-0.3, -0.25) is 0 Å². The van der Waals surface area contributed by atoms with E-state index < -0.39 is 0 Å². The van der Waals surface area contributed by atoms with Crippen LogP contribution in [0.2, 0.25) is 0 Å². The van der Waals surface area contributed by atoms with Gasteiger partial charge in [-0.05, 0) is 6.42 Å². The number of aliphatic hydroxyl groups excluding tert-OH is 1. The normalized spacial score (nSPS) is 20.2. The molecule has 1 N–H and O–H groups in total. The molecule has 0 radical (unpaired) electrons. The molecule has 1 saturated heterocycles. The molecule has 1 atom stereocenters. The standard InChI is InChI=1S/C21H42O3/c1-2-3-4-5-6-7-8-9-10-11-12-13-14-15-17-23-20-21(19-22)16-18-24-21/h22H,2-20H2,1H3. The van der Waals surface area contributed by atoms with Gasteiger partial charge in [0.1, 0.15) is 5.60 Å². The zero-order chi connectivity index (χ0) is 17.3. The third-order valence-electron chi connectivity index (χ3n) is 5.26. The van der Waals surface area contributed by atoms with Crippen molar-refractivity contribution in [3.63, 3.8) is 0 Å². The predicted molar refractivity (Wildman–Crippen MR) is 102 cm³/mol. The smallest absolute Gasteiger partial charge is 0.117 e. The first kappa shape index (κ1) is 21.9. The van der Waals surface area contributed by atoms with E-state index in [1.165, 1.54) is 83.5 Å². The van der Waals surface area contributed by atoms with Crippen molar-refractivity contribution in [2.45, 2.75) is 109 Å². The Labute approximate surface area is 150 Å². The van der Waals surface area contributed by atoms with Gasteiger partial charge < -0.3 is 14.6 Å². The zero-order valence-corrected chi connectivity index (χ0v) is 16.2. The van der Waals surface area contributed by atoms with Gasteiger partial charge in [0.15, 0.2) is 0 Å². The Bertz CT molecular complexity index is 258. The third kappa shape index (κ3) is 10.7. The summed E-state index contributed by atoms with van der Waals surface area (Å²) in [7, 11) is 0. The van der Waals surface area contributed by atoms with Gasteiger partial charge in [-0.15, -0.1) is 0 Å². The Kier molecular flexibility index (Phi) is 13.8. The molecule has 144 valence electrons. The maximum absolute atomic E-state index is 9.26. The van der Waals surface area contributed by atoms with Crippen molar-refractivity contribution in [3.05, 3.63) is 0 Å². The Hall–Kier alpha value is -0.120. The predicted octanol–water partition coefficient (Wildman–Crippen LogP) is 5.64. The minimum Gasteiger partial charge on any atom is -0.393 e. The quantitative estimate of drug-likeness (QED) is 0.328. The molecule has 0 aromatic rings. The highest BCUT2D eigenvalue weighted by Crippen LogP contribution is 2.26. The largest absolute Gasteiger partial charge is 0.393 e. The second kappa shape index (κ2) is 15.2. The number of unbranched alkanes of at least 4 members (excludes halogenated alkanes) is 13. The molecule has 0 spiro atoms. The molecule has 1 heterocycles. The van der Waals surface area contributed by atoms with E-state index in [2.05, 4.69) is 6.92 Å². The van der Waals surface area contributed by atoms with Crippen LogP contribution in [0.3, 0.4) is 0 Å². The lowest BCUT2D eigenvalue weighted by Crippen LogP contribution is -2.50. The highest BCUT2D eigenvalue weighted by Gasteiger charge is 2.37. The SMILES string of the molecule is CCCCCCCCCCCCCCCCOCC1(CO)CCO1. The first-order valence-corrected chi connectivity index (χ1v) is 10.7. The molecule has 0 amide bonds. The topological polar surface area (TPSA) is 38.7 Å². The Morgan fingerprint density at radius 3 is 1.62 bits per heavy atom. The average Bonchev–Trinajstić information content (AvgIpc) is 2.56. The van der Waals surface area contributed by atoms with Crippen LogP contribution in [0.15, 0.2) is 0 Å². The Balaban J connectivity index is 1.69. The van der Waals surface area contributed by atoms with Crippen molar-refractivity contribution in [3.8, 4) is 0 Å². The summed E-state index contributed by atoms with van der Waals surface area (Å²) in [6.07, 6.45) is 20.3. The Morgan fingerprint density at radius 1 is 0.792 bits per heavy atom. The van der Waals surface area contributed by atoms with Gasteiger partial charge in [-0.1, -0.05) is 90.4 Å². The molecule has 0 aromatic carbocycles. The highest BCUT2D eigenvalue weighted by atomic mass is 16.6. The molecule has 1 unspecified atom stereocenters. The Morgan fingerprint density at radius 2 is 1.25 bits per heavy atom. The molecule has 1 fully saturated rings. The van der Waals surface area contributed by atoms with Crippen molar-refractivity contribution in [1.82, 2.24) is 0 Å². The van der Waals surface area contributed by atoms with Crippen LogP contribution in [0.5, 0.6) is 0 Å². The van der Waals surface area contributed by atoms with Gasteiger partial charge in [-0.25, -0.2) is 0 Å². The number of hydrogen-bond donors (Lipinski definition) is 1. The maximum Gasteiger partial charge on any atom is 0.117 e. The number of aliphatic hydroxyl groups is 1. The molecule has 3 nitrogen and oxygen atoms in total. The lowest BCUT2D eigenvalue weighted by molar-refractivity contribution is -0.199. The van der Waals surface area contributed by atoms with E-state index >= 15 is 0 Å². The van der Waals surface area contributed by atoms with Crippen LogP contribution in [-0.2, 0) is 9.47 Å². The highest BCUT2D eigenvalue weighted by molar-refractivity contribution is 4.86. The van der Waals surface area contributed by atoms with Gasteiger partial charge in [-0.2, -0.15) is 0 Å². The monoisotopic (exact) mass is 342 g/mol. The van der Waals surface area contributed by atoms with Gasteiger partial charge >= 0.3 is 0 Å². The van der Waals surface area contributed by atoms with Crippen LogP contribution in [-0.4, -0.2) is 37.1 Å². The summed E-state index contributed by atoms with van der Waals surface area (Å²) in [6, 6.07) is 0. The summed E-state index contributed by atoms with van der Waals surface area (Å²) < 4.78 is 11.1. The van der Waals surface area contributed by atoms with Crippen molar-refractivity contribution in [2.24, 2.45) is 0 Å². The van der Waals surface area contributed by atoms with Gasteiger partial charge in [0.25, 0.3) is 0 Å². The lowest BCUT2D eigenvalue weighted by Gasteiger charge is -2.39. The van der Waals surface area contributed by atoms with E-state index in [0.29, 0.717) is 6.61 Å². The lowest BCUT2D eigenvalue weighted by atomic mass is 9.97. The van der Waals surface area contributed by atoms with Crippen LogP contribution < -0.4 is 0 Å². The molecule has 1 aliphatic heterocycles. The summed E-state index contributed by atoms with van der Waals surface area (Å²) in [4.78, 5) is 0. The summed E-state index contributed by atoms with van der Waals surface area (Å²) in [5, 5.41) is 9.26. The van der Waals surface area contributed by atoms with Gasteiger partial charge in [0.2, 0.25) is 0 Å². The summed E-state index contributed by atoms with van der Waals surface area (Å²) in [5.74, 6) is 0. The maximum atomic E-state index is 9.26. The van der Waals surface area contributed by atoms with E-state index in [0.717, 1.165) is 26.1 Å². The first-order valence-electron chi connectivity index (χ1n) is 10.7. The fourth-order valence-electron chi connectivity index (χ4n) is 3.33. The zero-order valence-electron chi connectivity index (χ0n) is 16.2. The van der Waals surface area contributed by atoms with Crippen molar-refractivity contribution >= 4 is 0 Å². The summed E-state index contributed by atoms with van der Waals surface area (Å²) in [5.41, 5.74) is -0.365. The molecule has 24 heavy (non-hydrogen) atoms. The minimum atomic E-state index is -0.365. The van der Waals surface area contributed by atoms with E-state index in [4.69, 9.17) is 9.47 Å². The minimum absolute atomic E-state index is 0.0890. The second-order valence-corrected chi connectivity index (χ2v) is 7.59. The van der Waals surface area contributed by atoms with E-state index in [1.54, 1.807) is 0 Å². The first-order chi connectivity index (χ1) is 11.8. The fourth-order valence-corrected chi connectivity index (χ4v) is 3.33. The van der Waals surface area contributed by atoms with Gasteiger partial charge in [0.05, 0.1) is 19.8 Å². The number of rotatable bonds is 18. The van der Waals surface area contributed by atoms with E-state index in [1.807, 2.05) is 0 Å². The van der Waals surface area contributed by atoms with E-state index in [9.17, 15) is 5.11 Å². The molecule has 1 aliphatic rings. The van der Waals surface area contributed by atoms with Crippen LogP contribution in [0.1, 0.15) is 103 Å². The second-order valence-electron chi connectivity index (χ2n) is 7.59. The van der Waals surface area contributed by atoms with Gasteiger partial charge in [0, 0.05) is 13.0 Å². The third-order valence-corrected chi connectivity index (χ3v) is 5.26. The van der Waals surface area contributed by atoms with Crippen molar-refractivity contribution < 1.29 is 14.6 Å². The van der Waals surface area contributed by atoms with Crippen molar-refractivity contribution in [2.75, 3.05) is 26.4 Å². The molecule has 3 heteroatoms. The van der Waals surface area contributed by atoms with Crippen LogP contribution in [0.25, 0.3) is 0 Å². The average molecular weight is 343 g/mol. The van der Waals surface area contributed by atoms with Crippen LogP contribution >= 0.6 is 0 Å². The molecular weight excluding hydrogens is 300 g/mol. The molecule has 1 rings (SSSR count). The number of ether oxygens (including phenoxy) is 2.